The molecule has 2 aromatic carbocycles. The van der Waals surface area contributed by atoms with Crippen LogP contribution >= 0.6 is 24.8 Å². The summed E-state index contributed by atoms with van der Waals surface area (Å²) >= 11 is 0. The fourth-order valence-electron chi connectivity index (χ4n) is 4.53. The highest BCUT2D eigenvalue weighted by molar-refractivity contribution is 5.87. The van der Waals surface area contributed by atoms with Crippen LogP contribution < -0.4 is 5.32 Å². The Hall–Kier alpha value is -1.85. The molecule has 2 N–H and O–H groups in total. The Kier molecular flexibility index (Phi) is 10.2. The smallest absolute Gasteiger partial charge is 0.335 e. The predicted molar refractivity (Wildman–Crippen MR) is 136 cm³/mol. The minimum atomic E-state index is -0.861. The van der Waals surface area contributed by atoms with Gasteiger partial charge in [-0.25, -0.2) is 4.79 Å². The van der Waals surface area contributed by atoms with Gasteiger partial charge in [-0.05, 0) is 74.9 Å². The SMILES string of the molecule is C/C(=C\c1ccccc1)C1CC1NC1CCN(CCc2ccc(C(=O)O)cc2)CC1.Cl.Cl. The number of nitrogens with zero attached hydrogens (tertiary/aromatic N) is 1. The average Bonchev–Trinajstić information content (AvgIpc) is 3.53. The second kappa shape index (κ2) is 12.4. The molecule has 2 atom stereocenters. The van der Waals surface area contributed by atoms with Crippen LogP contribution in [0, 0.1) is 5.92 Å². The summed E-state index contributed by atoms with van der Waals surface area (Å²) in [4.78, 5) is 13.5. The number of rotatable bonds is 8. The Morgan fingerprint density at radius 2 is 1.72 bits per heavy atom. The molecule has 32 heavy (non-hydrogen) atoms. The Morgan fingerprint density at radius 3 is 2.34 bits per heavy atom. The van der Waals surface area contributed by atoms with Gasteiger partial charge >= 0.3 is 5.97 Å². The minimum Gasteiger partial charge on any atom is -0.478 e. The number of benzene rings is 2. The van der Waals surface area contributed by atoms with Crippen LogP contribution in [0.1, 0.15) is 47.7 Å². The Balaban J connectivity index is 0.00000181. The summed E-state index contributed by atoms with van der Waals surface area (Å²) in [6.07, 6.45) is 7.00. The van der Waals surface area contributed by atoms with Crippen molar-refractivity contribution in [2.45, 2.75) is 44.7 Å². The number of carboxylic acids is 1. The molecule has 2 aromatic rings. The highest BCUT2D eigenvalue weighted by atomic mass is 35.5. The standard InChI is InChI=1S/C26H32N2O2.2ClH/c1-19(17-21-5-3-2-4-6-21)24-18-25(24)27-23-12-15-28(16-13-23)14-11-20-7-9-22(10-8-20)26(29)30;;/h2-10,17,23-25,27H,11-16,18H2,1H3,(H,29,30);2*1H/b19-17+;;. The van der Waals surface area contributed by atoms with E-state index in [1.54, 1.807) is 12.1 Å². The van der Waals surface area contributed by atoms with Crippen LogP contribution in [0.3, 0.4) is 0 Å². The summed E-state index contributed by atoms with van der Waals surface area (Å²) in [5.41, 5.74) is 4.36. The molecule has 0 spiro atoms. The summed E-state index contributed by atoms with van der Waals surface area (Å²) in [7, 11) is 0. The fourth-order valence-corrected chi connectivity index (χ4v) is 4.53. The molecule has 2 unspecified atom stereocenters. The van der Waals surface area contributed by atoms with Crippen LogP contribution in [0.25, 0.3) is 6.08 Å². The minimum absolute atomic E-state index is 0. The first-order chi connectivity index (χ1) is 14.6. The molecule has 6 heteroatoms. The molecule has 174 valence electrons. The predicted octanol–water partition coefficient (Wildman–Crippen LogP) is 5.32. The number of aromatic carboxylic acids is 1. The number of carboxylic acid groups (broad SMARTS) is 1. The number of likely N-dealkylation sites (tertiary alicyclic amines) is 1. The van der Waals surface area contributed by atoms with Gasteiger partial charge in [0.2, 0.25) is 0 Å². The molecule has 1 saturated carbocycles. The zero-order valence-corrected chi connectivity index (χ0v) is 20.2. The molecule has 4 rings (SSSR count). The van der Waals surface area contributed by atoms with Gasteiger partial charge in [-0.3, -0.25) is 0 Å². The van der Waals surface area contributed by atoms with Gasteiger partial charge in [0.1, 0.15) is 0 Å². The first-order valence-corrected chi connectivity index (χ1v) is 11.1. The van der Waals surface area contributed by atoms with E-state index >= 15 is 0 Å². The lowest BCUT2D eigenvalue weighted by Gasteiger charge is -2.32. The molecule has 4 nitrogen and oxygen atoms in total. The zero-order chi connectivity index (χ0) is 20.9. The molecule has 2 fully saturated rings. The number of hydrogen-bond acceptors (Lipinski definition) is 3. The lowest BCUT2D eigenvalue weighted by molar-refractivity contribution is 0.0697. The van der Waals surface area contributed by atoms with Gasteiger partial charge in [0.15, 0.2) is 0 Å². The van der Waals surface area contributed by atoms with Gasteiger partial charge < -0.3 is 15.3 Å². The van der Waals surface area contributed by atoms with Crippen LogP contribution in [0.4, 0.5) is 0 Å². The maximum atomic E-state index is 11.0. The molecule has 1 aliphatic heterocycles. The van der Waals surface area contributed by atoms with E-state index < -0.39 is 5.97 Å². The van der Waals surface area contributed by atoms with E-state index in [0.29, 0.717) is 23.6 Å². The maximum absolute atomic E-state index is 11.0. The largest absolute Gasteiger partial charge is 0.478 e. The molecule has 0 bridgehead atoms. The number of hydrogen-bond donors (Lipinski definition) is 2. The van der Waals surface area contributed by atoms with Crippen LogP contribution in [0.2, 0.25) is 0 Å². The molecule has 0 amide bonds. The molecule has 2 aliphatic rings. The monoisotopic (exact) mass is 476 g/mol. The second-order valence-electron chi connectivity index (χ2n) is 8.78. The van der Waals surface area contributed by atoms with E-state index in [4.69, 9.17) is 5.11 Å². The first kappa shape index (κ1) is 26.4. The van der Waals surface area contributed by atoms with Crippen molar-refractivity contribution < 1.29 is 9.90 Å². The second-order valence-corrected chi connectivity index (χ2v) is 8.78. The normalized spacial score (nSPS) is 21.3. The van der Waals surface area contributed by atoms with Gasteiger partial charge in [-0.1, -0.05) is 54.1 Å². The number of piperidine rings is 1. The molecule has 1 heterocycles. The summed E-state index contributed by atoms with van der Waals surface area (Å²) in [5, 5.41) is 12.9. The maximum Gasteiger partial charge on any atom is 0.335 e. The van der Waals surface area contributed by atoms with Crippen molar-refractivity contribution in [3.8, 4) is 0 Å². The lowest BCUT2D eigenvalue weighted by Crippen LogP contribution is -2.44. The third-order valence-corrected chi connectivity index (χ3v) is 6.52. The van der Waals surface area contributed by atoms with E-state index in [1.165, 1.54) is 36.0 Å². The highest BCUT2D eigenvalue weighted by Crippen LogP contribution is 2.38. The van der Waals surface area contributed by atoms with Crippen LogP contribution in [-0.4, -0.2) is 47.7 Å². The van der Waals surface area contributed by atoms with Crippen molar-refractivity contribution in [1.82, 2.24) is 10.2 Å². The molecule has 0 radical (unpaired) electrons. The Morgan fingerprint density at radius 1 is 1.06 bits per heavy atom. The number of nitrogens with one attached hydrogen (secondary N) is 1. The van der Waals surface area contributed by atoms with E-state index in [9.17, 15) is 4.79 Å². The van der Waals surface area contributed by atoms with Gasteiger partial charge in [-0.15, -0.1) is 24.8 Å². The van der Waals surface area contributed by atoms with Crippen molar-refractivity contribution in [2.75, 3.05) is 19.6 Å². The van der Waals surface area contributed by atoms with Gasteiger partial charge in [0.25, 0.3) is 0 Å². The Bertz CT molecular complexity index is 878. The third kappa shape index (κ3) is 7.35. The van der Waals surface area contributed by atoms with E-state index in [0.717, 1.165) is 26.1 Å². The van der Waals surface area contributed by atoms with Gasteiger partial charge in [0.05, 0.1) is 5.56 Å². The molecular formula is C26H34Cl2N2O2. The quantitative estimate of drug-likeness (QED) is 0.541. The molecule has 1 aliphatic carbocycles. The Labute approximate surface area is 203 Å². The molecule has 0 aromatic heterocycles. The van der Waals surface area contributed by atoms with Crippen LogP contribution in [0.15, 0.2) is 60.2 Å². The average molecular weight is 477 g/mol. The fraction of sp³-hybridized carbons (Fsp3) is 0.423. The number of carbonyl (C=O) groups is 1. The number of halogens is 2. The van der Waals surface area contributed by atoms with E-state index in [-0.39, 0.29) is 24.8 Å². The highest BCUT2D eigenvalue weighted by Gasteiger charge is 2.39. The van der Waals surface area contributed by atoms with Gasteiger partial charge in [-0.2, -0.15) is 0 Å². The van der Waals surface area contributed by atoms with Crippen molar-refractivity contribution >= 4 is 36.9 Å². The van der Waals surface area contributed by atoms with Crippen molar-refractivity contribution in [3.63, 3.8) is 0 Å². The lowest BCUT2D eigenvalue weighted by atomic mass is 10.0. The molecular weight excluding hydrogens is 443 g/mol. The summed E-state index contributed by atoms with van der Waals surface area (Å²) in [6.45, 7) is 5.59. The topological polar surface area (TPSA) is 52.6 Å². The van der Waals surface area contributed by atoms with Crippen LogP contribution in [0.5, 0.6) is 0 Å². The van der Waals surface area contributed by atoms with E-state index in [2.05, 4.69) is 53.5 Å². The van der Waals surface area contributed by atoms with Crippen molar-refractivity contribution in [2.24, 2.45) is 5.92 Å². The summed E-state index contributed by atoms with van der Waals surface area (Å²) in [5.74, 6) is -0.170. The van der Waals surface area contributed by atoms with Crippen LogP contribution in [-0.2, 0) is 6.42 Å². The van der Waals surface area contributed by atoms with Crippen molar-refractivity contribution in [3.05, 3.63) is 76.9 Å². The van der Waals surface area contributed by atoms with Crippen molar-refractivity contribution in [1.29, 1.82) is 0 Å². The summed E-state index contributed by atoms with van der Waals surface area (Å²) in [6, 6.07) is 19.2. The van der Waals surface area contributed by atoms with Gasteiger partial charge in [0, 0.05) is 18.6 Å². The zero-order valence-electron chi connectivity index (χ0n) is 18.6. The molecule has 1 saturated heterocycles. The summed E-state index contributed by atoms with van der Waals surface area (Å²) < 4.78 is 0. The third-order valence-electron chi connectivity index (χ3n) is 6.52. The van der Waals surface area contributed by atoms with E-state index in [1.807, 2.05) is 12.1 Å². The first-order valence-electron chi connectivity index (χ1n) is 11.1.